The number of rotatable bonds is 9. The number of amides is 1. The van der Waals surface area contributed by atoms with Gasteiger partial charge in [0, 0.05) is 26.2 Å². The molecule has 0 aliphatic heterocycles. The second kappa shape index (κ2) is 13.4. The van der Waals surface area contributed by atoms with Gasteiger partial charge in [0.15, 0.2) is 5.96 Å². The van der Waals surface area contributed by atoms with Gasteiger partial charge in [-0.25, -0.2) is 17.9 Å². The van der Waals surface area contributed by atoms with Crippen LogP contribution in [0.25, 0.3) is 0 Å². The largest absolute Gasteiger partial charge is 0.444 e. The lowest BCUT2D eigenvalue weighted by Crippen LogP contribution is -2.42. The number of halogens is 1. The van der Waals surface area contributed by atoms with Gasteiger partial charge < -0.3 is 20.7 Å². The minimum atomic E-state index is -3.20. The maximum atomic E-state index is 11.5. The summed E-state index contributed by atoms with van der Waals surface area (Å²) in [6, 6.07) is 0. The maximum Gasteiger partial charge on any atom is 0.407 e. The highest BCUT2D eigenvalue weighted by atomic mass is 127. The van der Waals surface area contributed by atoms with Gasteiger partial charge in [0.1, 0.15) is 5.60 Å². The molecule has 1 amide bonds. The van der Waals surface area contributed by atoms with Crippen molar-refractivity contribution in [3.63, 3.8) is 0 Å². The Morgan fingerprint density at radius 2 is 1.64 bits per heavy atom. The van der Waals surface area contributed by atoms with E-state index in [9.17, 15) is 13.2 Å². The Kier molecular flexibility index (Phi) is 14.1. The van der Waals surface area contributed by atoms with Crippen molar-refractivity contribution in [2.75, 3.05) is 38.5 Å². The Morgan fingerprint density at radius 1 is 1.04 bits per heavy atom. The molecule has 25 heavy (non-hydrogen) atoms. The average Bonchev–Trinajstić information content (AvgIpc) is 2.46. The predicted octanol–water partition coefficient (Wildman–Crippen LogP) is 0.624. The molecule has 0 aromatic heterocycles. The van der Waals surface area contributed by atoms with Gasteiger partial charge in [-0.3, -0.25) is 4.99 Å². The van der Waals surface area contributed by atoms with Gasteiger partial charge in [-0.05, 0) is 34.6 Å². The molecule has 9 nitrogen and oxygen atoms in total. The Morgan fingerprint density at radius 3 is 2.16 bits per heavy atom. The van der Waals surface area contributed by atoms with Gasteiger partial charge >= 0.3 is 6.09 Å². The molecule has 0 radical (unpaired) electrons. The molecule has 0 aromatic rings. The van der Waals surface area contributed by atoms with E-state index in [1.54, 1.807) is 27.7 Å². The molecule has 0 heterocycles. The van der Waals surface area contributed by atoms with Gasteiger partial charge in [0.2, 0.25) is 10.0 Å². The van der Waals surface area contributed by atoms with Crippen molar-refractivity contribution in [3.8, 4) is 0 Å². The molecule has 4 N–H and O–H groups in total. The van der Waals surface area contributed by atoms with Crippen LogP contribution in [-0.2, 0) is 14.8 Å². The summed E-state index contributed by atoms with van der Waals surface area (Å²) in [5.41, 5.74) is -0.528. The van der Waals surface area contributed by atoms with E-state index in [4.69, 9.17) is 4.74 Å². The molecule has 0 saturated heterocycles. The normalized spacial score (nSPS) is 12.1. The minimum Gasteiger partial charge on any atom is -0.444 e. The summed E-state index contributed by atoms with van der Waals surface area (Å²) in [6.07, 6.45) is -0.472. The predicted molar refractivity (Wildman–Crippen MR) is 111 cm³/mol. The number of hydrogen-bond acceptors (Lipinski definition) is 5. The number of aliphatic imine (C=N–C) groups is 1. The highest BCUT2D eigenvalue weighted by Gasteiger charge is 2.15. The van der Waals surface area contributed by atoms with Crippen LogP contribution in [-0.4, -0.2) is 64.5 Å². The van der Waals surface area contributed by atoms with Crippen molar-refractivity contribution in [1.29, 1.82) is 0 Å². The van der Waals surface area contributed by atoms with Crippen LogP contribution in [0.2, 0.25) is 0 Å². The molecule has 0 spiro atoms. The van der Waals surface area contributed by atoms with Crippen molar-refractivity contribution in [3.05, 3.63) is 0 Å². The van der Waals surface area contributed by atoms with Gasteiger partial charge in [-0.2, -0.15) is 0 Å². The van der Waals surface area contributed by atoms with Crippen LogP contribution >= 0.6 is 24.0 Å². The number of nitrogens with zero attached hydrogens (tertiary/aromatic N) is 1. The van der Waals surface area contributed by atoms with Gasteiger partial charge in [-0.1, -0.05) is 0 Å². The summed E-state index contributed by atoms with van der Waals surface area (Å²) in [7, 11) is -3.20. The SMILES string of the molecule is CCNC(=NCCNS(=O)(=O)CC)NCCNC(=O)OC(C)(C)C.I. The monoisotopic (exact) mass is 493 g/mol. The number of nitrogens with one attached hydrogen (secondary N) is 4. The van der Waals surface area contributed by atoms with Crippen molar-refractivity contribution in [2.45, 2.75) is 40.2 Å². The number of ether oxygens (including phenoxy) is 1. The van der Waals surface area contributed by atoms with Crippen molar-refractivity contribution in [1.82, 2.24) is 20.7 Å². The van der Waals surface area contributed by atoms with E-state index in [2.05, 4.69) is 25.7 Å². The lowest BCUT2D eigenvalue weighted by atomic mass is 10.2. The molecule has 0 atom stereocenters. The topological polar surface area (TPSA) is 121 Å². The molecule has 0 aliphatic rings. The van der Waals surface area contributed by atoms with Crippen molar-refractivity contribution in [2.24, 2.45) is 4.99 Å². The molecule has 150 valence electrons. The van der Waals surface area contributed by atoms with E-state index >= 15 is 0 Å². The van der Waals surface area contributed by atoms with E-state index in [-0.39, 0.29) is 36.3 Å². The molecule has 0 rings (SSSR count). The fraction of sp³-hybridized carbons (Fsp3) is 0.857. The minimum absolute atomic E-state index is 0. The first kappa shape index (κ1) is 26.4. The fourth-order valence-corrected chi connectivity index (χ4v) is 2.08. The third-order valence-electron chi connectivity index (χ3n) is 2.51. The number of carbonyl (C=O) groups excluding carboxylic acids is 1. The number of alkyl carbamates (subject to hydrolysis) is 1. The molecule has 0 aliphatic carbocycles. The summed E-state index contributed by atoms with van der Waals surface area (Å²) in [5.74, 6) is 0.602. The Hall–Kier alpha value is -0.820. The number of hydrogen-bond donors (Lipinski definition) is 4. The van der Waals surface area contributed by atoms with E-state index in [1.807, 2.05) is 6.92 Å². The molecule has 0 saturated carbocycles. The summed E-state index contributed by atoms with van der Waals surface area (Å²) in [5, 5.41) is 8.71. The van der Waals surface area contributed by atoms with Crippen LogP contribution in [0, 0.1) is 0 Å². The van der Waals surface area contributed by atoms with Gasteiger partial charge in [-0.15, -0.1) is 24.0 Å². The van der Waals surface area contributed by atoms with Crippen molar-refractivity contribution >= 4 is 46.1 Å². The number of sulfonamides is 1. The van der Waals surface area contributed by atoms with Crippen molar-refractivity contribution < 1.29 is 17.9 Å². The quantitative estimate of drug-likeness (QED) is 0.162. The summed E-state index contributed by atoms with van der Waals surface area (Å²) >= 11 is 0. The summed E-state index contributed by atoms with van der Waals surface area (Å²) in [4.78, 5) is 15.7. The van der Waals surface area contributed by atoms with Crippen LogP contribution < -0.4 is 20.7 Å². The van der Waals surface area contributed by atoms with E-state index < -0.39 is 21.7 Å². The summed E-state index contributed by atoms with van der Waals surface area (Å²) < 4.78 is 30.2. The van der Waals surface area contributed by atoms with Crippen LogP contribution in [0.1, 0.15) is 34.6 Å². The smallest absolute Gasteiger partial charge is 0.407 e. The zero-order valence-electron chi connectivity index (χ0n) is 15.6. The third-order valence-corrected chi connectivity index (χ3v) is 3.92. The Labute approximate surface area is 168 Å². The van der Waals surface area contributed by atoms with Crippen LogP contribution in [0.15, 0.2) is 4.99 Å². The fourth-order valence-electron chi connectivity index (χ4n) is 1.47. The third kappa shape index (κ3) is 16.4. The second-order valence-electron chi connectivity index (χ2n) is 5.91. The molecular formula is C14H32IN5O4S. The molecule has 11 heteroatoms. The number of carbonyl (C=O) groups is 1. The van der Waals surface area contributed by atoms with Gasteiger partial charge in [0.25, 0.3) is 0 Å². The standard InChI is InChI=1S/C14H31N5O4S.HI/c1-6-15-12(17-10-11-19-24(21,22)7-2)16-8-9-18-13(20)23-14(3,4)5;/h19H,6-11H2,1-5H3,(H,18,20)(H2,15,16,17);1H. The zero-order chi connectivity index (χ0) is 18.6. The van der Waals surface area contributed by atoms with E-state index in [0.717, 1.165) is 0 Å². The lowest BCUT2D eigenvalue weighted by Gasteiger charge is -2.19. The highest BCUT2D eigenvalue weighted by molar-refractivity contribution is 14.0. The first-order chi connectivity index (χ1) is 11.1. The first-order valence-electron chi connectivity index (χ1n) is 8.06. The Balaban J connectivity index is 0. The lowest BCUT2D eigenvalue weighted by molar-refractivity contribution is 0.0529. The molecule has 0 bridgehead atoms. The molecule has 0 fully saturated rings. The first-order valence-corrected chi connectivity index (χ1v) is 9.71. The van der Waals surface area contributed by atoms with Crippen LogP contribution in [0.5, 0.6) is 0 Å². The Bertz CT molecular complexity index is 506. The zero-order valence-corrected chi connectivity index (χ0v) is 18.8. The second-order valence-corrected chi connectivity index (χ2v) is 8.01. The van der Waals surface area contributed by atoms with Gasteiger partial charge in [0.05, 0.1) is 12.3 Å². The molecular weight excluding hydrogens is 461 g/mol. The maximum absolute atomic E-state index is 11.5. The van der Waals surface area contributed by atoms with E-state index in [0.29, 0.717) is 32.1 Å². The highest BCUT2D eigenvalue weighted by Crippen LogP contribution is 2.05. The van der Waals surface area contributed by atoms with Crippen LogP contribution in [0.3, 0.4) is 0 Å². The average molecular weight is 493 g/mol. The molecule has 0 aromatic carbocycles. The number of guanidine groups is 1. The van der Waals surface area contributed by atoms with E-state index in [1.165, 1.54) is 0 Å². The summed E-state index contributed by atoms with van der Waals surface area (Å²) in [6.45, 7) is 11.0. The molecule has 0 unspecified atom stereocenters. The van der Waals surface area contributed by atoms with Crippen LogP contribution in [0.4, 0.5) is 4.79 Å².